The molecule has 196 valence electrons. The fraction of sp³-hybridized carbons (Fsp3) is 0.679. The molecule has 1 aliphatic heterocycles. The van der Waals surface area contributed by atoms with Gasteiger partial charge < -0.3 is 29.8 Å². The number of nitrogens with zero attached hydrogens (tertiary/aromatic N) is 1. The lowest BCUT2D eigenvalue weighted by molar-refractivity contribution is -0.0558. The van der Waals surface area contributed by atoms with Gasteiger partial charge in [0.1, 0.15) is 11.3 Å². The highest BCUT2D eigenvalue weighted by molar-refractivity contribution is 5.82. The van der Waals surface area contributed by atoms with Gasteiger partial charge in [-0.3, -0.25) is 0 Å². The van der Waals surface area contributed by atoms with Gasteiger partial charge in [-0.15, -0.1) is 0 Å². The standard InChI is InChI=1S/C28H45N3O4/c1-20(18-29-5)30-26(32)31-15-10-12-22(19-31)28(33,14-7-8-16-34-6)23-13-9-11-21-17-24(27(2,3)4)35-25(21)23/h9,11,13,17,20,22,29,33H,7-8,10,12,14-16,18-19H2,1-6H3,(H,30,32)/t20?,22?,28-/m0/s1. The number of carbonyl (C=O) groups excluding carboxylic acids is 1. The molecule has 2 amide bonds. The van der Waals surface area contributed by atoms with Gasteiger partial charge in [-0.05, 0) is 52.1 Å². The highest BCUT2D eigenvalue weighted by atomic mass is 16.5. The zero-order valence-corrected chi connectivity index (χ0v) is 22.4. The topological polar surface area (TPSA) is 87.0 Å². The number of ether oxygens (including phenoxy) is 1. The van der Waals surface area contributed by atoms with Crippen LogP contribution in [0.5, 0.6) is 0 Å². The van der Waals surface area contributed by atoms with E-state index in [9.17, 15) is 9.90 Å². The summed E-state index contributed by atoms with van der Waals surface area (Å²) < 4.78 is 11.7. The summed E-state index contributed by atoms with van der Waals surface area (Å²) in [5.41, 5.74) is 0.363. The molecule has 2 unspecified atom stereocenters. The first-order chi connectivity index (χ1) is 16.6. The van der Waals surface area contributed by atoms with E-state index in [4.69, 9.17) is 9.15 Å². The lowest BCUT2D eigenvalue weighted by Crippen LogP contribution is -2.53. The van der Waals surface area contributed by atoms with Crippen molar-refractivity contribution in [2.24, 2.45) is 5.92 Å². The maximum atomic E-state index is 13.0. The minimum absolute atomic E-state index is 0.0356. The molecule has 3 atom stereocenters. The maximum absolute atomic E-state index is 13.0. The van der Waals surface area contributed by atoms with Gasteiger partial charge in [-0.2, -0.15) is 0 Å². The van der Waals surface area contributed by atoms with Crippen molar-refractivity contribution in [2.75, 3.05) is 40.4 Å². The third-order valence-corrected chi connectivity index (χ3v) is 7.17. The number of fused-ring (bicyclic) bond motifs is 1. The summed E-state index contributed by atoms with van der Waals surface area (Å²) >= 11 is 0. The zero-order valence-electron chi connectivity index (χ0n) is 22.4. The number of aliphatic hydroxyl groups is 1. The number of furan rings is 1. The molecule has 1 saturated heterocycles. The molecule has 2 aromatic rings. The van der Waals surface area contributed by atoms with Crippen LogP contribution < -0.4 is 10.6 Å². The molecule has 3 N–H and O–H groups in total. The minimum Gasteiger partial charge on any atom is -0.460 e. The summed E-state index contributed by atoms with van der Waals surface area (Å²) in [6.07, 6.45) is 4.02. The minimum atomic E-state index is -1.10. The average molecular weight is 488 g/mol. The smallest absolute Gasteiger partial charge is 0.317 e. The second-order valence-electron chi connectivity index (χ2n) is 11.2. The van der Waals surface area contributed by atoms with Gasteiger partial charge in [-0.25, -0.2) is 4.79 Å². The van der Waals surface area contributed by atoms with Crippen molar-refractivity contribution in [1.82, 2.24) is 15.5 Å². The van der Waals surface area contributed by atoms with Crippen molar-refractivity contribution in [1.29, 1.82) is 0 Å². The number of piperidine rings is 1. The van der Waals surface area contributed by atoms with Crippen LogP contribution in [0, 0.1) is 5.92 Å². The van der Waals surface area contributed by atoms with Gasteiger partial charge in [0.2, 0.25) is 0 Å². The summed E-state index contributed by atoms with van der Waals surface area (Å²) in [4.78, 5) is 14.9. The maximum Gasteiger partial charge on any atom is 0.317 e. The number of carbonyl (C=O) groups is 1. The number of para-hydroxylation sites is 1. The quantitative estimate of drug-likeness (QED) is 0.421. The molecule has 1 fully saturated rings. The number of nitrogens with one attached hydrogen (secondary N) is 2. The Balaban J connectivity index is 1.93. The summed E-state index contributed by atoms with van der Waals surface area (Å²) in [6, 6.07) is 8.12. The second-order valence-corrected chi connectivity index (χ2v) is 11.2. The van der Waals surface area contributed by atoms with Crippen LogP contribution in [0.25, 0.3) is 11.0 Å². The van der Waals surface area contributed by atoms with E-state index in [0.717, 1.165) is 48.0 Å². The van der Waals surface area contributed by atoms with Crippen LogP contribution in [0.4, 0.5) is 4.79 Å². The second kappa shape index (κ2) is 11.8. The van der Waals surface area contributed by atoms with Crippen LogP contribution in [-0.4, -0.2) is 62.5 Å². The van der Waals surface area contributed by atoms with Crippen LogP contribution in [0.3, 0.4) is 0 Å². The number of hydrogen-bond donors (Lipinski definition) is 3. The largest absolute Gasteiger partial charge is 0.460 e. The van der Waals surface area contributed by atoms with E-state index in [0.29, 0.717) is 32.7 Å². The van der Waals surface area contributed by atoms with E-state index in [1.807, 2.05) is 37.1 Å². The number of likely N-dealkylation sites (tertiary alicyclic amines) is 1. The van der Waals surface area contributed by atoms with Crippen molar-refractivity contribution < 1.29 is 19.1 Å². The Morgan fingerprint density at radius 3 is 2.77 bits per heavy atom. The lowest BCUT2D eigenvalue weighted by Gasteiger charge is -2.43. The van der Waals surface area contributed by atoms with E-state index in [1.165, 1.54) is 0 Å². The van der Waals surface area contributed by atoms with Crippen LogP contribution in [0.15, 0.2) is 28.7 Å². The van der Waals surface area contributed by atoms with Gasteiger partial charge in [0.15, 0.2) is 0 Å². The first-order valence-electron chi connectivity index (χ1n) is 13.0. The SMILES string of the molecule is CNCC(C)NC(=O)N1CCCC([C@@](O)(CCCCOC)c2cccc3cc(C(C)(C)C)oc23)C1. The van der Waals surface area contributed by atoms with Crippen LogP contribution >= 0.6 is 0 Å². The predicted molar refractivity (Wildman–Crippen MR) is 141 cm³/mol. The van der Waals surface area contributed by atoms with Gasteiger partial charge in [0.05, 0.1) is 5.60 Å². The number of likely N-dealkylation sites (N-methyl/N-ethyl adjacent to an activating group) is 1. The van der Waals surface area contributed by atoms with E-state index < -0.39 is 5.60 Å². The van der Waals surface area contributed by atoms with Crippen molar-refractivity contribution >= 4 is 17.0 Å². The van der Waals surface area contributed by atoms with Gasteiger partial charge in [0, 0.05) is 61.7 Å². The number of unbranched alkanes of at least 4 members (excludes halogenated alkanes) is 1. The first-order valence-corrected chi connectivity index (χ1v) is 13.0. The van der Waals surface area contributed by atoms with Crippen molar-refractivity contribution in [3.05, 3.63) is 35.6 Å². The Labute approximate surface area is 210 Å². The molecule has 0 saturated carbocycles. The molecule has 0 spiro atoms. The summed E-state index contributed by atoms with van der Waals surface area (Å²) in [6.45, 7) is 11.0. The molecular weight excluding hydrogens is 442 g/mol. The Morgan fingerprint density at radius 2 is 2.09 bits per heavy atom. The van der Waals surface area contributed by atoms with E-state index >= 15 is 0 Å². The molecule has 35 heavy (non-hydrogen) atoms. The molecule has 2 heterocycles. The van der Waals surface area contributed by atoms with E-state index in [1.54, 1.807) is 7.11 Å². The number of urea groups is 1. The lowest BCUT2D eigenvalue weighted by atomic mass is 9.73. The fourth-order valence-electron chi connectivity index (χ4n) is 5.18. The zero-order chi connectivity index (χ0) is 25.6. The molecule has 0 aliphatic carbocycles. The predicted octanol–water partition coefficient (Wildman–Crippen LogP) is 4.76. The molecule has 1 aromatic heterocycles. The van der Waals surface area contributed by atoms with Gasteiger partial charge >= 0.3 is 6.03 Å². The Kier molecular flexibility index (Phi) is 9.24. The van der Waals surface area contributed by atoms with Crippen LogP contribution in [-0.2, 0) is 15.8 Å². The fourth-order valence-corrected chi connectivity index (χ4v) is 5.18. The van der Waals surface area contributed by atoms with Crippen LogP contribution in [0.2, 0.25) is 0 Å². The molecule has 1 aliphatic rings. The number of rotatable bonds is 10. The van der Waals surface area contributed by atoms with E-state index in [2.05, 4.69) is 37.5 Å². The summed E-state index contributed by atoms with van der Waals surface area (Å²) in [7, 11) is 3.58. The van der Waals surface area contributed by atoms with Crippen molar-refractivity contribution in [2.45, 2.75) is 76.9 Å². The molecule has 7 heteroatoms. The Hall–Kier alpha value is -2.09. The number of amides is 2. The highest BCUT2D eigenvalue weighted by Crippen LogP contribution is 2.44. The van der Waals surface area contributed by atoms with Crippen molar-refractivity contribution in [3.8, 4) is 0 Å². The molecule has 0 radical (unpaired) electrons. The van der Waals surface area contributed by atoms with Crippen LogP contribution in [0.1, 0.15) is 71.1 Å². The molecule has 1 aromatic carbocycles. The monoisotopic (exact) mass is 487 g/mol. The average Bonchev–Trinajstić information content (AvgIpc) is 3.27. The number of hydrogen-bond acceptors (Lipinski definition) is 5. The molecular formula is C28H45N3O4. The highest BCUT2D eigenvalue weighted by Gasteiger charge is 2.43. The third kappa shape index (κ3) is 6.57. The third-order valence-electron chi connectivity index (χ3n) is 7.17. The van der Waals surface area contributed by atoms with Gasteiger partial charge in [-0.1, -0.05) is 39.0 Å². The Morgan fingerprint density at radius 1 is 1.31 bits per heavy atom. The Bertz CT molecular complexity index is 967. The van der Waals surface area contributed by atoms with Crippen molar-refractivity contribution in [3.63, 3.8) is 0 Å². The van der Waals surface area contributed by atoms with Gasteiger partial charge in [0.25, 0.3) is 0 Å². The first kappa shape index (κ1) is 27.5. The summed E-state index contributed by atoms with van der Waals surface area (Å²) in [5.74, 6) is 0.822. The molecule has 7 nitrogen and oxygen atoms in total. The number of methoxy groups -OCH3 is 1. The normalized spacial score (nSPS) is 19.5. The summed E-state index contributed by atoms with van der Waals surface area (Å²) in [5, 5.41) is 19.6. The molecule has 3 rings (SSSR count). The van der Waals surface area contributed by atoms with E-state index in [-0.39, 0.29) is 23.4 Å². The number of benzene rings is 1. The molecule has 0 bridgehead atoms.